The number of halogens is 1. The van der Waals surface area contributed by atoms with Crippen molar-refractivity contribution in [3.8, 4) is 0 Å². The smallest absolute Gasteiger partial charge is 0.339 e. The van der Waals surface area contributed by atoms with Crippen LogP contribution in [-0.2, 0) is 0 Å². The standard InChI is InChI=1S/C15H21ClN2O2/c1-3-10-4-6-11(7-5-10)18(2)14-12(15(19)20)8-9-13(16)17-14/h8-11H,3-7H2,1-2H3,(H,19,20). The van der Waals surface area contributed by atoms with Gasteiger partial charge in [-0.1, -0.05) is 24.9 Å². The summed E-state index contributed by atoms with van der Waals surface area (Å²) in [5.41, 5.74) is 0.217. The Hall–Kier alpha value is -1.29. The van der Waals surface area contributed by atoms with Crippen LogP contribution < -0.4 is 4.90 Å². The van der Waals surface area contributed by atoms with Crippen LogP contribution in [0.15, 0.2) is 12.1 Å². The van der Waals surface area contributed by atoms with Gasteiger partial charge in [-0.2, -0.15) is 0 Å². The summed E-state index contributed by atoms with van der Waals surface area (Å²) in [6, 6.07) is 3.40. The number of hydrogen-bond donors (Lipinski definition) is 1. The summed E-state index contributed by atoms with van der Waals surface area (Å²) in [7, 11) is 1.92. The number of rotatable bonds is 4. The first-order valence-electron chi connectivity index (χ1n) is 7.15. The summed E-state index contributed by atoms with van der Waals surface area (Å²) < 4.78 is 0. The van der Waals surface area contributed by atoms with Gasteiger partial charge >= 0.3 is 5.97 Å². The zero-order chi connectivity index (χ0) is 14.7. The Balaban J connectivity index is 2.18. The highest BCUT2D eigenvalue weighted by molar-refractivity contribution is 6.29. The molecule has 1 aliphatic rings. The lowest BCUT2D eigenvalue weighted by Gasteiger charge is -2.35. The number of nitrogens with zero attached hydrogens (tertiary/aromatic N) is 2. The highest BCUT2D eigenvalue weighted by Crippen LogP contribution is 2.32. The maximum Gasteiger partial charge on any atom is 0.339 e. The van der Waals surface area contributed by atoms with Gasteiger partial charge in [-0.25, -0.2) is 9.78 Å². The number of carboxylic acid groups (broad SMARTS) is 1. The molecule has 110 valence electrons. The molecule has 1 N–H and O–H groups in total. The van der Waals surface area contributed by atoms with Gasteiger partial charge in [-0.15, -0.1) is 0 Å². The molecule has 1 aromatic rings. The SMILES string of the molecule is CCC1CCC(N(C)c2nc(Cl)ccc2C(=O)O)CC1. The second kappa shape index (κ2) is 6.44. The van der Waals surface area contributed by atoms with E-state index in [-0.39, 0.29) is 5.56 Å². The van der Waals surface area contributed by atoms with Crippen molar-refractivity contribution in [1.82, 2.24) is 4.98 Å². The van der Waals surface area contributed by atoms with Crippen molar-refractivity contribution in [2.75, 3.05) is 11.9 Å². The van der Waals surface area contributed by atoms with Gasteiger partial charge in [-0.05, 0) is 43.7 Å². The molecule has 0 aromatic carbocycles. The fourth-order valence-corrected chi connectivity index (χ4v) is 3.12. The van der Waals surface area contributed by atoms with Crippen LogP contribution in [-0.4, -0.2) is 29.1 Å². The van der Waals surface area contributed by atoms with Gasteiger partial charge < -0.3 is 10.0 Å². The minimum Gasteiger partial charge on any atom is -0.478 e. The molecule has 5 heteroatoms. The fourth-order valence-electron chi connectivity index (χ4n) is 2.97. The van der Waals surface area contributed by atoms with Crippen LogP contribution in [0.1, 0.15) is 49.4 Å². The van der Waals surface area contributed by atoms with Gasteiger partial charge in [0, 0.05) is 13.1 Å². The van der Waals surface area contributed by atoms with E-state index in [2.05, 4.69) is 11.9 Å². The van der Waals surface area contributed by atoms with Crippen molar-refractivity contribution in [1.29, 1.82) is 0 Å². The third-order valence-electron chi connectivity index (χ3n) is 4.35. The Morgan fingerprint density at radius 3 is 2.60 bits per heavy atom. The van der Waals surface area contributed by atoms with E-state index in [9.17, 15) is 9.90 Å². The number of pyridine rings is 1. The molecule has 0 amide bonds. The zero-order valence-electron chi connectivity index (χ0n) is 12.0. The topological polar surface area (TPSA) is 53.4 Å². The molecule has 0 unspecified atom stereocenters. The van der Waals surface area contributed by atoms with Crippen LogP contribution >= 0.6 is 11.6 Å². The molecular formula is C15H21ClN2O2. The lowest BCUT2D eigenvalue weighted by molar-refractivity contribution is 0.0697. The maximum atomic E-state index is 11.3. The van der Waals surface area contributed by atoms with E-state index >= 15 is 0 Å². The van der Waals surface area contributed by atoms with E-state index in [1.165, 1.54) is 31.4 Å². The highest BCUT2D eigenvalue weighted by Gasteiger charge is 2.26. The summed E-state index contributed by atoms with van der Waals surface area (Å²) in [6.07, 6.45) is 5.81. The summed E-state index contributed by atoms with van der Waals surface area (Å²) in [6.45, 7) is 2.23. The average Bonchev–Trinajstić information content (AvgIpc) is 2.46. The molecule has 1 heterocycles. The highest BCUT2D eigenvalue weighted by atomic mass is 35.5. The second-order valence-electron chi connectivity index (χ2n) is 5.50. The molecule has 0 spiro atoms. The first-order chi connectivity index (χ1) is 9.52. The predicted molar refractivity (Wildman–Crippen MR) is 80.6 cm³/mol. The van der Waals surface area contributed by atoms with E-state index in [1.54, 1.807) is 0 Å². The van der Waals surface area contributed by atoms with Crippen molar-refractivity contribution in [3.63, 3.8) is 0 Å². The monoisotopic (exact) mass is 296 g/mol. The van der Waals surface area contributed by atoms with E-state index in [1.807, 2.05) is 11.9 Å². The number of anilines is 1. The van der Waals surface area contributed by atoms with Crippen LogP contribution in [0.2, 0.25) is 5.15 Å². The summed E-state index contributed by atoms with van der Waals surface area (Å²) in [5, 5.41) is 9.61. The Bertz CT molecular complexity index is 485. The molecule has 0 radical (unpaired) electrons. The Labute approximate surface area is 124 Å². The van der Waals surface area contributed by atoms with E-state index in [0.29, 0.717) is 17.0 Å². The first kappa shape index (κ1) is 15.1. The Morgan fingerprint density at radius 1 is 1.40 bits per heavy atom. The third kappa shape index (κ3) is 3.23. The maximum absolute atomic E-state index is 11.3. The summed E-state index contributed by atoms with van der Waals surface area (Å²) in [4.78, 5) is 17.5. The molecule has 1 aliphatic carbocycles. The van der Waals surface area contributed by atoms with Gasteiger partial charge in [0.05, 0.1) is 0 Å². The lowest BCUT2D eigenvalue weighted by atomic mass is 9.84. The lowest BCUT2D eigenvalue weighted by Crippen LogP contribution is -2.36. The molecule has 0 bridgehead atoms. The Morgan fingerprint density at radius 2 is 2.05 bits per heavy atom. The molecule has 0 saturated heterocycles. The van der Waals surface area contributed by atoms with Crippen LogP contribution in [0.25, 0.3) is 0 Å². The quantitative estimate of drug-likeness (QED) is 0.858. The number of carboxylic acids is 1. The van der Waals surface area contributed by atoms with Gasteiger partial charge in [0.25, 0.3) is 0 Å². The van der Waals surface area contributed by atoms with Crippen LogP contribution in [0.3, 0.4) is 0 Å². The van der Waals surface area contributed by atoms with E-state index < -0.39 is 5.97 Å². The van der Waals surface area contributed by atoms with E-state index in [0.717, 1.165) is 18.8 Å². The van der Waals surface area contributed by atoms with Crippen LogP contribution in [0.4, 0.5) is 5.82 Å². The molecule has 2 rings (SSSR count). The molecular weight excluding hydrogens is 276 g/mol. The van der Waals surface area contributed by atoms with Gasteiger partial charge in [-0.3, -0.25) is 0 Å². The van der Waals surface area contributed by atoms with Crippen molar-refractivity contribution < 1.29 is 9.90 Å². The van der Waals surface area contributed by atoms with Crippen LogP contribution in [0, 0.1) is 5.92 Å². The summed E-state index contributed by atoms with van der Waals surface area (Å²) >= 11 is 5.92. The normalized spacial score (nSPS) is 22.6. The molecule has 1 fully saturated rings. The molecule has 0 aliphatic heterocycles. The number of carbonyl (C=O) groups is 1. The second-order valence-corrected chi connectivity index (χ2v) is 5.89. The Kier molecular flexibility index (Phi) is 4.86. The fraction of sp³-hybridized carbons (Fsp3) is 0.600. The van der Waals surface area contributed by atoms with Gasteiger partial charge in [0.1, 0.15) is 16.5 Å². The minimum atomic E-state index is -0.960. The zero-order valence-corrected chi connectivity index (χ0v) is 12.7. The van der Waals surface area contributed by atoms with Crippen molar-refractivity contribution in [3.05, 3.63) is 22.8 Å². The van der Waals surface area contributed by atoms with Crippen molar-refractivity contribution in [2.24, 2.45) is 5.92 Å². The van der Waals surface area contributed by atoms with Gasteiger partial charge in [0.15, 0.2) is 0 Å². The minimum absolute atomic E-state index is 0.217. The largest absolute Gasteiger partial charge is 0.478 e. The summed E-state index contributed by atoms with van der Waals surface area (Å²) in [5.74, 6) is 0.328. The third-order valence-corrected chi connectivity index (χ3v) is 4.56. The van der Waals surface area contributed by atoms with E-state index in [4.69, 9.17) is 11.6 Å². The molecule has 1 saturated carbocycles. The van der Waals surface area contributed by atoms with Crippen molar-refractivity contribution >= 4 is 23.4 Å². The number of aromatic carboxylic acids is 1. The number of aromatic nitrogens is 1. The first-order valence-corrected chi connectivity index (χ1v) is 7.53. The average molecular weight is 297 g/mol. The van der Waals surface area contributed by atoms with Crippen LogP contribution in [0.5, 0.6) is 0 Å². The van der Waals surface area contributed by atoms with Gasteiger partial charge in [0.2, 0.25) is 0 Å². The molecule has 1 aromatic heterocycles. The molecule has 4 nitrogen and oxygen atoms in total. The number of hydrogen-bond acceptors (Lipinski definition) is 3. The predicted octanol–water partition coefficient (Wildman–Crippen LogP) is 3.84. The van der Waals surface area contributed by atoms with Crippen molar-refractivity contribution in [2.45, 2.75) is 45.1 Å². The molecule has 20 heavy (non-hydrogen) atoms. The molecule has 0 atom stereocenters.